The van der Waals surface area contributed by atoms with Gasteiger partial charge in [0.15, 0.2) is 0 Å². The number of carbonyl (C=O) groups excluding carboxylic acids is 1. The fourth-order valence-corrected chi connectivity index (χ4v) is 4.11. The molecule has 0 atom stereocenters. The van der Waals surface area contributed by atoms with E-state index in [1.165, 1.54) is 18.2 Å². The predicted molar refractivity (Wildman–Crippen MR) is 128 cm³/mol. The Kier molecular flexibility index (Phi) is 6.78. The number of ether oxygens (including phenoxy) is 1. The molecule has 0 radical (unpaired) electrons. The second-order valence-corrected chi connectivity index (χ2v) is 7.92. The van der Waals surface area contributed by atoms with Crippen molar-refractivity contribution in [3.05, 3.63) is 83.9 Å². The topological polar surface area (TPSA) is 67.0 Å². The van der Waals surface area contributed by atoms with E-state index >= 15 is 0 Å². The van der Waals surface area contributed by atoms with Crippen molar-refractivity contribution >= 4 is 22.5 Å². The number of amides is 1. The Morgan fingerprint density at radius 2 is 1.77 bits per heavy atom. The number of hydrogen-bond donors (Lipinski definition) is 1. The number of nitrogens with one attached hydrogen (secondary N) is 1. The lowest BCUT2D eigenvalue weighted by Gasteiger charge is -2.11. The van der Waals surface area contributed by atoms with Gasteiger partial charge in [-0.1, -0.05) is 42.5 Å². The maximum Gasteiger partial charge on any atom is 0.573 e. The monoisotopic (exact) mass is 477 g/mol. The van der Waals surface area contributed by atoms with Gasteiger partial charge in [0.25, 0.3) is 0 Å². The molecule has 35 heavy (non-hydrogen) atoms. The molecule has 4 rings (SSSR count). The zero-order chi connectivity index (χ0) is 25.0. The molecule has 0 aliphatic carbocycles. The fourth-order valence-electron chi connectivity index (χ4n) is 4.11. The molecule has 0 spiro atoms. The third-order valence-corrected chi connectivity index (χ3v) is 5.62. The van der Waals surface area contributed by atoms with Crippen molar-refractivity contribution < 1.29 is 22.7 Å². The Morgan fingerprint density at radius 3 is 2.40 bits per heavy atom. The molecular weight excluding hydrogens is 455 g/mol. The van der Waals surface area contributed by atoms with Crippen molar-refractivity contribution in [2.24, 2.45) is 0 Å². The summed E-state index contributed by atoms with van der Waals surface area (Å²) >= 11 is 0. The molecule has 1 heterocycles. The molecular formula is C27H22F3N3O2. The fraction of sp³-hybridized carbons (Fsp3) is 0.185. The number of alkyl halides is 3. The van der Waals surface area contributed by atoms with E-state index in [9.17, 15) is 23.2 Å². The molecule has 1 N–H and O–H groups in total. The number of halogens is 3. The zero-order valence-electron chi connectivity index (χ0n) is 18.9. The van der Waals surface area contributed by atoms with Gasteiger partial charge in [0.2, 0.25) is 5.91 Å². The molecule has 0 bridgehead atoms. The number of nitriles is 1. The van der Waals surface area contributed by atoms with Crippen LogP contribution in [0.1, 0.15) is 24.5 Å². The van der Waals surface area contributed by atoms with Gasteiger partial charge >= 0.3 is 6.36 Å². The summed E-state index contributed by atoms with van der Waals surface area (Å²) in [7, 11) is 0. The molecule has 1 aromatic heterocycles. The van der Waals surface area contributed by atoms with Gasteiger partial charge in [-0.15, -0.1) is 13.2 Å². The van der Waals surface area contributed by atoms with Crippen molar-refractivity contribution in [3.63, 3.8) is 0 Å². The molecule has 0 fully saturated rings. The van der Waals surface area contributed by atoms with Gasteiger partial charge in [0.05, 0.1) is 16.8 Å². The maximum absolute atomic E-state index is 12.7. The molecule has 0 unspecified atom stereocenters. The van der Waals surface area contributed by atoms with E-state index < -0.39 is 6.36 Å². The number of benzene rings is 3. The van der Waals surface area contributed by atoms with Crippen LogP contribution in [0.2, 0.25) is 0 Å². The van der Waals surface area contributed by atoms with Gasteiger partial charge in [-0.25, -0.2) is 0 Å². The molecule has 0 aliphatic heterocycles. The smallest absolute Gasteiger partial charge is 0.406 e. The number of rotatable bonds is 7. The number of carbonyl (C=O) groups is 1. The molecule has 178 valence electrons. The van der Waals surface area contributed by atoms with Gasteiger partial charge in [-0.2, -0.15) is 5.26 Å². The Balaban J connectivity index is 1.58. The third-order valence-electron chi connectivity index (χ3n) is 5.62. The molecule has 3 aromatic carbocycles. The quantitative estimate of drug-likeness (QED) is 0.323. The number of aryl methyl sites for hydroxylation is 2. The molecule has 5 nitrogen and oxygen atoms in total. The number of aromatic nitrogens is 1. The van der Waals surface area contributed by atoms with Crippen LogP contribution in [0.15, 0.2) is 72.8 Å². The van der Waals surface area contributed by atoms with E-state index in [0.29, 0.717) is 52.8 Å². The zero-order valence-corrected chi connectivity index (χ0v) is 18.9. The summed E-state index contributed by atoms with van der Waals surface area (Å²) in [6, 6.07) is 22.9. The lowest BCUT2D eigenvalue weighted by molar-refractivity contribution is -0.274. The lowest BCUT2D eigenvalue weighted by atomic mass is 10.1. The number of hydrogen-bond acceptors (Lipinski definition) is 3. The van der Waals surface area contributed by atoms with Crippen LogP contribution in [0.3, 0.4) is 0 Å². The largest absolute Gasteiger partial charge is 0.573 e. The number of anilines is 1. The summed E-state index contributed by atoms with van der Waals surface area (Å²) in [5.74, 6) is -0.457. The first-order valence-corrected chi connectivity index (χ1v) is 11.1. The molecule has 4 aromatic rings. The third kappa shape index (κ3) is 5.46. The minimum atomic E-state index is -4.81. The highest BCUT2D eigenvalue weighted by molar-refractivity contribution is 5.96. The summed E-state index contributed by atoms with van der Waals surface area (Å²) in [4.78, 5) is 12.3. The van der Waals surface area contributed by atoms with Gasteiger partial charge in [-0.05, 0) is 48.7 Å². The van der Waals surface area contributed by atoms with Crippen LogP contribution in [-0.2, 0) is 17.8 Å². The summed E-state index contributed by atoms with van der Waals surface area (Å²) in [6.45, 7) is 2.28. The standard InChI is InChI=1S/C27H22F3N3O2/c1-2-33-24-16-21(35-27(28,29)30)13-14-22(24)23(17-31)26(33)19-9-11-20(12-10-19)32-25(34)15-8-18-6-4-3-5-7-18/h3-7,9-14,16H,2,8,15H2,1H3,(H,32,34). The molecule has 8 heteroatoms. The van der Waals surface area contributed by atoms with Crippen molar-refractivity contribution in [2.75, 3.05) is 5.32 Å². The summed E-state index contributed by atoms with van der Waals surface area (Å²) < 4.78 is 43.9. The predicted octanol–water partition coefficient (Wildman–Crippen LogP) is 6.67. The average Bonchev–Trinajstić information content (AvgIpc) is 3.15. The van der Waals surface area contributed by atoms with E-state index in [-0.39, 0.29) is 11.7 Å². The molecule has 0 aliphatic rings. The van der Waals surface area contributed by atoms with Gasteiger partial charge in [0, 0.05) is 30.1 Å². The van der Waals surface area contributed by atoms with Crippen molar-refractivity contribution in [3.8, 4) is 23.1 Å². The molecule has 0 saturated heterocycles. The van der Waals surface area contributed by atoms with Crippen LogP contribution in [0, 0.1) is 11.3 Å². The van der Waals surface area contributed by atoms with Gasteiger partial charge < -0.3 is 14.6 Å². The minimum Gasteiger partial charge on any atom is -0.406 e. The van der Waals surface area contributed by atoms with Crippen LogP contribution in [-0.4, -0.2) is 16.8 Å². The maximum atomic E-state index is 12.7. The van der Waals surface area contributed by atoms with E-state index in [2.05, 4.69) is 16.1 Å². The van der Waals surface area contributed by atoms with Crippen LogP contribution < -0.4 is 10.1 Å². The van der Waals surface area contributed by atoms with E-state index in [0.717, 1.165) is 5.56 Å². The summed E-state index contributed by atoms with van der Waals surface area (Å²) in [5.41, 5.74) is 3.83. The van der Waals surface area contributed by atoms with E-state index in [1.807, 2.05) is 37.3 Å². The molecule has 1 amide bonds. The van der Waals surface area contributed by atoms with E-state index in [1.54, 1.807) is 28.8 Å². The highest BCUT2D eigenvalue weighted by Gasteiger charge is 2.31. The highest BCUT2D eigenvalue weighted by atomic mass is 19.4. The summed E-state index contributed by atoms with van der Waals surface area (Å²) in [5, 5.41) is 13.2. The Labute approximate surface area is 200 Å². The van der Waals surface area contributed by atoms with Gasteiger partial charge in [0.1, 0.15) is 11.8 Å². The second-order valence-electron chi connectivity index (χ2n) is 7.92. The Bertz CT molecular complexity index is 1390. The first-order valence-electron chi connectivity index (χ1n) is 11.1. The second kappa shape index (κ2) is 9.94. The Hall–Kier alpha value is -4.25. The lowest BCUT2D eigenvalue weighted by Crippen LogP contribution is -2.17. The normalized spacial score (nSPS) is 11.3. The van der Waals surface area contributed by atoms with Crippen molar-refractivity contribution in [1.82, 2.24) is 4.57 Å². The van der Waals surface area contributed by atoms with E-state index in [4.69, 9.17) is 0 Å². The van der Waals surface area contributed by atoms with Crippen molar-refractivity contribution in [1.29, 1.82) is 5.26 Å². The summed E-state index contributed by atoms with van der Waals surface area (Å²) in [6.07, 6.45) is -3.83. The Morgan fingerprint density at radius 1 is 1.06 bits per heavy atom. The van der Waals surface area contributed by atoms with Crippen LogP contribution in [0.4, 0.5) is 18.9 Å². The first kappa shape index (κ1) is 23.9. The highest BCUT2D eigenvalue weighted by Crippen LogP contribution is 2.36. The molecule has 0 saturated carbocycles. The van der Waals surface area contributed by atoms with Crippen LogP contribution in [0.5, 0.6) is 5.75 Å². The van der Waals surface area contributed by atoms with Crippen molar-refractivity contribution in [2.45, 2.75) is 32.7 Å². The SMILES string of the molecule is CCn1c(-c2ccc(NC(=O)CCc3ccccc3)cc2)c(C#N)c2ccc(OC(F)(F)F)cc21. The minimum absolute atomic E-state index is 0.112. The van der Waals surface area contributed by atoms with Gasteiger partial charge in [-0.3, -0.25) is 4.79 Å². The number of nitrogens with zero attached hydrogens (tertiary/aromatic N) is 2. The number of fused-ring (bicyclic) bond motifs is 1. The van der Waals surface area contributed by atoms with Crippen LogP contribution in [0.25, 0.3) is 22.2 Å². The first-order chi connectivity index (χ1) is 16.8. The average molecular weight is 477 g/mol. The van der Waals surface area contributed by atoms with Crippen LogP contribution >= 0.6 is 0 Å².